The molecule has 3 heteroatoms. The maximum Gasteiger partial charge on any atom is 0.0657 e. The van der Waals surface area contributed by atoms with Gasteiger partial charge in [-0.25, -0.2) is 0 Å². The van der Waals surface area contributed by atoms with Gasteiger partial charge in [-0.1, -0.05) is 44.2 Å². The molecule has 2 rings (SSSR count). The summed E-state index contributed by atoms with van der Waals surface area (Å²) in [7, 11) is 0. The van der Waals surface area contributed by atoms with Gasteiger partial charge in [0.2, 0.25) is 0 Å². The van der Waals surface area contributed by atoms with E-state index in [0.717, 1.165) is 32.2 Å². The zero-order valence-corrected chi connectivity index (χ0v) is 12.6. The summed E-state index contributed by atoms with van der Waals surface area (Å²) in [5.41, 5.74) is 11.1. The number of hydrogen-bond donors (Lipinski definition) is 1. The number of nitrogens with zero attached hydrogens (tertiary/aromatic N) is 2. The monoisotopic (exact) mass is 271 g/mol. The van der Waals surface area contributed by atoms with Gasteiger partial charge in [-0.2, -0.15) is 5.10 Å². The Labute approximate surface area is 121 Å². The average molecular weight is 271 g/mol. The quantitative estimate of drug-likeness (QED) is 0.841. The van der Waals surface area contributed by atoms with Gasteiger partial charge in [0.1, 0.15) is 0 Å². The fourth-order valence-corrected chi connectivity index (χ4v) is 2.77. The van der Waals surface area contributed by atoms with E-state index >= 15 is 0 Å². The molecule has 0 saturated carbocycles. The second-order valence-electron chi connectivity index (χ2n) is 5.08. The first-order chi connectivity index (χ1) is 9.80. The summed E-state index contributed by atoms with van der Waals surface area (Å²) in [4.78, 5) is 0. The number of aryl methyl sites for hydroxylation is 3. The Bertz CT molecular complexity index is 529. The molecule has 0 bridgehead atoms. The second-order valence-corrected chi connectivity index (χ2v) is 5.08. The van der Waals surface area contributed by atoms with Crippen LogP contribution >= 0.6 is 0 Å². The van der Waals surface area contributed by atoms with E-state index in [1.807, 2.05) is 0 Å². The molecule has 1 aromatic heterocycles. The van der Waals surface area contributed by atoms with Gasteiger partial charge in [-0.3, -0.25) is 4.68 Å². The summed E-state index contributed by atoms with van der Waals surface area (Å²) in [6.07, 6.45) is 3.98. The molecule has 2 aromatic rings. The molecule has 1 aromatic carbocycles. The number of nitrogens with two attached hydrogens (primary N) is 1. The van der Waals surface area contributed by atoms with Crippen molar-refractivity contribution in [3.05, 3.63) is 52.8 Å². The van der Waals surface area contributed by atoms with Crippen molar-refractivity contribution in [2.45, 2.75) is 46.1 Å². The molecular formula is C17H25N3. The van der Waals surface area contributed by atoms with Crippen LogP contribution in [0.15, 0.2) is 30.3 Å². The van der Waals surface area contributed by atoms with E-state index in [1.165, 1.54) is 22.5 Å². The van der Waals surface area contributed by atoms with Gasteiger partial charge in [0, 0.05) is 12.2 Å². The van der Waals surface area contributed by atoms with Crippen LogP contribution in [-0.4, -0.2) is 16.3 Å². The van der Waals surface area contributed by atoms with E-state index in [-0.39, 0.29) is 0 Å². The van der Waals surface area contributed by atoms with Crippen molar-refractivity contribution in [1.29, 1.82) is 0 Å². The predicted molar refractivity (Wildman–Crippen MR) is 83.9 cm³/mol. The fraction of sp³-hybridized carbons (Fsp3) is 0.471. The van der Waals surface area contributed by atoms with Crippen molar-refractivity contribution in [2.75, 3.05) is 6.54 Å². The Morgan fingerprint density at radius 2 is 1.80 bits per heavy atom. The van der Waals surface area contributed by atoms with Gasteiger partial charge in [0.05, 0.1) is 5.69 Å². The molecule has 0 aliphatic rings. The van der Waals surface area contributed by atoms with Gasteiger partial charge in [0.25, 0.3) is 0 Å². The van der Waals surface area contributed by atoms with Crippen LogP contribution in [0, 0.1) is 0 Å². The molecule has 0 saturated heterocycles. The highest BCUT2D eigenvalue weighted by atomic mass is 15.3. The summed E-state index contributed by atoms with van der Waals surface area (Å²) in [5, 5.41) is 4.79. The third kappa shape index (κ3) is 3.28. The van der Waals surface area contributed by atoms with Crippen molar-refractivity contribution in [3.8, 4) is 0 Å². The summed E-state index contributed by atoms with van der Waals surface area (Å²) in [6, 6.07) is 10.6. The van der Waals surface area contributed by atoms with Gasteiger partial charge < -0.3 is 5.73 Å². The number of benzene rings is 1. The van der Waals surface area contributed by atoms with Crippen LogP contribution in [0.3, 0.4) is 0 Å². The van der Waals surface area contributed by atoms with E-state index in [2.05, 4.69) is 48.9 Å². The Hall–Kier alpha value is -1.61. The minimum absolute atomic E-state index is 0.699. The van der Waals surface area contributed by atoms with Crippen LogP contribution in [0.5, 0.6) is 0 Å². The summed E-state index contributed by atoms with van der Waals surface area (Å²) < 4.78 is 2.19. The molecule has 0 unspecified atom stereocenters. The zero-order chi connectivity index (χ0) is 14.4. The van der Waals surface area contributed by atoms with Crippen LogP contribution in [0.4, 0.5) is 0 Å². The van der Waals surface area contributed by atoms with E-state index in [1.54, 1.807) is 0 Å². The minimum Gasteiger partial charge on any atom is -0.330 e. The first-order valence-electron chi connectivity index (χ1n) is 7.61. The molecule has 1 heterocycles. The first-order valence-corrected chi connectivity index (χ1v) is 7.61. The third-order valence-corrected chi connectivity index (χ3v) is 3.77. The summed E-state index contributed by atoms with van der Waals surface area (Å²) in [5.74, 6) is 0. The third-order valence-electron chi connectivity index (χ3n) is 3.77. The molecular weight excluding hydrogens is 246 g/mol. The highest BCUT2D eigenvalue weighted by Gasteiger charge is 2.14. The molecule has 0 amide bonds. The van der Waals surface area contributed by atoms with Crippen molar-refractivity contribution < 1.29 is 0 Å². The minimum atomic E-state index is 0.699. The maximum absolute atomic E-state index is 5.74. The van der Waals surface area contributed by atoms with Crippen molar-refractivity contribution in [3.63, 3.8) is 0 Å². The first kappa shape index (κ1) is 14.8. The molecule has 2 N–H and O–H groups in total. The lowest BCUT2D eigenvalue weighted by Crippen LogP contribution is -2.09. The lowest BCUT2D eigenvalue weighted by Gasteiger charge is -2.08. The van der Waals surface area contributed by atoms with Crippen LogP contribution in [0.2, 0.25) is 0 Å². The highest BCUT2D eigenvalue weighted by molar-refractivity contribution is 5.27. The van der Waals surface area contributed by atoms with E-state index in [9.17, 15) is 0 Å². The van der Waals surface area contributed by atoms with E-state index in [4.69, 9.17) is 10.8 Å². The maximum atomic E-state index is 5.74. The van der Waals surface area contributed by atoms with Gasteiger partial charge in [-0.05, 0) is 43.4 Å². The predicted octanol–water partition coefficient (Wildman–Crippen LogP) is 2.75. The smallest absolute Gasteiger partial charge is 0.0657 e. The lowest BCUT2D eigenvalue weighted by molar-refractivity contribution is 0.580. The number of aromatic nitrogens is 2. The van der Waals surface area contributed by atoms with E-state index in [0.29, 0.717) is 6.54 Å². The van der Waals surface area contributed by atoms with Crippen LogP contribution in [0.1, 0.15) is 36.4 Å². The largest absolute Gasteiger partial charge is 0.330 e. The fourth-order valence-electron chi connectivity index (χ4n) is 2.77. The van der Waals surface area contributed by atoms with Crippen LogP contribution < -0.4 is 5.73 Å². The van der Waals surface area contributed by atoms with E-state index < -0.39 is 0 Å². The van der Waals surface area contributed by atoms with Gasteiger partial charge >= 0.3 is 0 Å². The molecule has 0 fully saturated rings. The molecule has 20 heavy (non-hydrogen) atoms. The SMILES string of the molecule is CCc1nn(CCc2ccccc2)c(CC)c1CCN. The molecule has 0 atom stereocenters. The van der Waals surface area contributed by atoms with Crippen molar-refractivity contribution >= 4 is 0 Å². The summed E-state index contributed by atoms with van der Waals surface area (Å²) in [6.45, 7) is 6.02. The Balaban J connectivity index is 2.18. The second kappa shape index (κ2) is 7.25. The van der Waals surface area contributed by atoms with Gasteiger partial charge in [0.15, 0.2) is 0 Å². The van der Waals surface area contributed by atoms with Gasteiger partial charge in [-0.15, -0.1) is 0 Å². The standard InChI is InChI=1S/C17H25N3/c1-3-16-15(10-12-18)17(4-2)20(19-16)13-11-14-8-6-5-7-9-14/h5-9H,3-4,10-13,18H2,1-2H3. The van der Waals surface area contributed by atoms with Crippen LogP contribution in [0.25, 0.3) is 0 Å². The Morgan fingerprint density at radius 1 is 1.05 bits per heavy atom. The number of rotatable bonds is 7. The van der Waals surface area contributed by atoms with Crippen LogP contribution in [-0.2, 0) is 32.2 Å². The molecule has 0 aliphatic heterocycles. The molecule has 0 spiro atoms. The normalized spacial score (nSPS) is 10.9. The molecule has 0 radical (unpaired) electrons. The van der Waals surface area contributed by atoms with Crippen molar-refractivity contribution in [1.82, 2.24) is 9.78 Å². The zero-order valence-electron chi connectivity index (χ0n) is 12.6. The topological polar surface area (TPSA) is 43.8 Å². The molecule has 108 valence electrons. The lowest BCUT2D eigenvalue weighted by atomic mass is 10.1. The average Bonchev–Trinajstić information content (AvgIpc) is 2.83. The number of hydrogen-bond acceptors (Lipinski definition) is 2. The molecule has 3 nitrogen and oxygen atoms in total. The molecule has 0 aliphatic carbocycles. The highest BCUT2D eigenvalue weighted by Crippen LogP contribution is 2.17. The summed E-state index contributed by atoms with van der Waals surface area (Å²) >= 11 is 0. The Morgan fingerprint density at radius 3 is 2.40 bits per heavy atom. The Kier molecular flexibility index (Phi) is 5.36. The van der Waals surface area contributed by atoms with Crippen molar-refractivity contribution in [2.24, 2.45) is 5.73 Å².